The minimum absolute atomic E-state index is 0.360. The first kappa shape index (κ1) is 10.1. The molecule has 11 heavy (non-hydrogen) atoms. The van der Waals surface area contributed by atoms with Gasteiger partial charge in [-0.1, -0.05) is 30.3 Å². The van der Waals surface area contributed by atoms with Gasteiger partial charge in [0.1, 0.15) is 6.67 Å². The highest BCUT2D eigenvalue weighted by molar-refractivity contribution is 6.13. The van der Waals surface area contributed by atoms with Crippen molar-refractivity contribution in [2.45, 2.75) is 6.67 Å². The Kier molecular flexibility index (Phi) is 6.67. The summed E-state index contributed by atoms with van der Waals surface area (Å²) in [5.41, 5.74) is 0.743. The fraction of sp³-hybridized carbons (Fsp3) is 0.143. The number of alkyl halides is 1. The first-order chi connectivity index (χ1) is 5.35. The van der Waals surface area contributed by atoms with Crippen molar-refractivity contribution in [1.29, 1.82) is 0 Å². The van der Waals surface area contributed by atoms with Gasteiger partial charge < -0.3 is 10.0 Å². The van der Waals surface area contributed by atoms with Gasteiger partial charge in [0.15, 0.2) is 0 Å². The van der Waals surface area contributed by atoms with Crippen molar-refractivity contribution < 1.29 is 14.4 Å². The van der Waals surface area contributed by atoms with E-state index in [1.165, 1.54) is 0 Å². The smallest absolute Gasteiger partial charge is 0.430 e. The van der Waals surface area contributed by atoms with Crippen molar-refractivity contribution in [2.24, 2.45) is 0 Å². The van der Waals surface area contributed by atoms with Gasteiger partial charge in [-0.3, -0.25) is 0 Å². The Hall–Kier alpha value is -0.865. The summed E-state index contributed by atoms with van der Waals surface area (Å²) in [6, 6.07) is 9.06. The van der Waals surface area contributed by atoms with E-state index in [0.29, 0.717) is 0 Å². The van der Waals surface area contributed by atoms with E-state index in [1.807, 2.05) is 18.2 Å². The highest BCUT2D eigenvalue weighted by Gasteiger charge is 1.82. The molecular weight excluding hydrogens is 146 g/mol. The zero-order valence-corrected chi connectivity index (χ0v) is 6.07. The summed E-state index contributed by atoms with van der Waals surface area (Å²) in [7, 11) is -0.750. The molecule has 2 nitrogen and oxygen atoms in total. The highest BCUT2D eigenvalue weighted by atomic mass is 19.1. The third kappa shape index (κ3) is 5.57. The molecule has 0 unspecified atom stereocenters. The van der Waals surface area contributed by atoms with Crippen LogP contribution in [0.3, 0.4) is 0 Å². The van der Waals surface area contributed by atoms with E-state index in [1.54, 1.807) is 12.1 Å². The average molecular weight is 156 g/mol. The number of rotatable bonds is 1. The third-order valence-corrected chi connectivity index (χ3v) is 0.997. The quantitative estimate of drug-likeness (QED) is 0.577. The summed E-state index contributed by atoms with van der Waals surface area (Å²) in [6.07, 6.45) is 0. The monoisotopic (exact) mass is 156 g/mol. The predicted octanol–water partition coefficient (Wildman–Crippen LogP) is 0.394. The van der Waals surface area contributed by atoms with Crippen molar-refractivity contribution in [1.82, 2.24) is 0 Å². The van der Waals surface area contributed by atoms with Crippen LogP contribution in [0.1, 0.15) is 5.56 Å². The van der Waals surface area contributed by atoms with Gasteiger partial charge >= 0.3 is 7.69 Å². The highest BCUT2D eigenvalue weighted by Crippen LogP contribution is 1.98. The zero-order chi connectivity index (χ0) is 8.53. The van der Waals surface area contributed by atoms with Crippen molar-refractivity contribution >= 4 is 7.69 Å². The SMILES string of the molecule is FCc1ccccc1.OBO. The van der Waals surface area contributed by atoms with E-state index in [2.05, 4.69) is 0 Å². The molecule has 0 aliphatic heterocycles. The summed E-state index contributed by atoms with van der Waals surface area (Å²) < 4.78 is 11.7. The summed E-state index contributed by atoms with van der Waals surface area (Å²) >= 11 is 0. The van der Waals surface area contributed by atoms with Crippen LogP contribution in [0.5, 0.6) is 0 Å². The maximum absolute atomic E-state index is 11.7. The molecule has 4 heteroatoms. The molecule has 0 atom stereocenters. The van der Waals surface area contributed by atoms with Crippen LogP contribution >= 0.6 is 0 Å². The lowest BCUT2D eigenvalue weighted by molar-refractivity contribution is 0.448. The van der Waals surface area contributed by atoms with Gasteiger partial charge in [0, 0.05) is 0 Å². The molecule has 0 aliphatic carbocycles. The lowest BCUT2D eigenvalue weighted by atomic mass is 10.2. The topological polar surface area (TPSA) is 40.5 Å². The van der Waals surface area contributed by atoms with E-state index < -0.39 is 7.69 Å². The predicted molar refractivity (Wildman–Crippen MR) is 42.8 cm³/mol. The van der Waals surface area contributed by atoms with E-state index in [-0.39, 0.29) is 6.67 Å². The Morgan fingerprint density at radius 1 is 1.18 bits per heavy atom. The van der Waals surface area contributed by atoms with Crippen molar-refractivity contribution in [3.05, 3.63) is 35.9 Å². The molecule has 1 aromatic carbocycles. The average Bonchev–Trinajstić information content (AvgIpc) is 2.08. The molecule has 0 aromatic heterocycles. The summed E-state index contributed by atoms with van der Waals surface area (Å²) in [4.78, 5) is 0. The van der Waals surface area contributed by atoms with Gasteiger partial charge in [0.05, 0.1) is 0 Å². The number of halogens is 1. The maximum atomic E-state index is 11.7. The lowest BCUT2D eigenvalue weighted by Gasteiger charge is -1.87. The molecule has 0 aliphatic rings. The van der Waals surface area contributed by atoms with E-state index >= 15 is 0 Å². The number of hydrogen-bond acceptors (Lipinski definition) is 2. The zero-order valence-electron chi connectivity index (χ0n) is 6.07. The summed E-state index contributed by atoms with van der Waals surface area (Å²) in [5, 5.41) is 14.2. The van der Waals surface area contributed by atoms with Crippen LogP contribution in [0.2, 0.25) is 0 Å². The van der Waals surface area contributed by atoms with Gasteiger partial charge in [-0.2, -0.15) is 0 Å². The molecule has 0 heterocycles. The molecule has 0 bridgehead atoms. The molecule has 0 spiro atoms. The second-order valence-electron chi connectivity index (χ2n) is 1.76. The van der Waals surface area contributed by atoms with Crippen molar-refractivity contribution in [2.75, 3.05) is 0 Å². The fourth-order valence-electron chi connectivity index (χ4n) is 0.567. The first-order valence-corrected chi connectivity index (χ1v) is 3.16. The van der Waals surface area contributed by atoms with Crippen LogP contribution < -0.4 is 0 Å². The van der Waals surface area contributed by atoms with Crippen molar-refractivity contribution in [3.63, 3.8) is 0 Å². The second kappa shape index (κ2) is 7.24. The molecule has 0 radical (unpaired) electrons. The molecule has 1 rings (SSSR count). The Balaban J connectivity index is 0.000000292. The van der Waals surface area contributed by atoms with Gasteiger partial charge in [-0.25, -0.2) is 4.39 Å². The van der Waals surface area contributed by atoms with Gasteiger partial charge in [0.25, 0.3) is 0 Å². The minimum atomic E-state index is -0.750. The van der Waals surface area contributed by atoms with E-state index in [4.69, 9.17) is 10.0 Å². The first-order valence-electron chi connectivity index (χ1n) is 3.16. The van der Waals surface area contributed by atoms with Gasteiger partial charge in [-0.05, 0) is 5.56 Å². The Morgan fingerprint density at radius 3 is 1.91 bits per heavy atom. The summed E-state index contributed by atoms with van der Waals surface area (Å²) in [6.45, 7) is -0.360. The van der Waals surface area contributed by atoms with Crippen LogP contribution in [-0.2, 0) is 6.67 Å². The molecule has 0 saturated heterocycles. The molecule has 0 saturated carbocycles. The van der Waals surface area contributed by atoms with Crippen molar-refractivity contribution in [3.8, 4) is 0 Å². The Labute approximate surface area is 65.6 Å². The third-order valence-electron chi connectivity index (χ3n) is 0.997. The molecule has 60 valence electrons. The second-order valence-corrected chi connectivity index (χ2v) is 1.76. The van der Waals surface area contributed by atoms with Gasteiger partial charge in [-0.15, -0.1) is 0 Å². The van der Waals surface area contributed by atoms with Crippen LogP contribution in [0, 0.1) is 0 Å². The van der Waals surface area contributed by atoms with Crippen LogP contribution in [0.4, 0.5) is 4.39 Å². The van der Waals surface area contributed by atoms with Gasteiger partial charge in [0.2, 0.25) is 0 Å². The number of benzene rings is 1. The van der Waals surface area contributed by atoms with E-state index in [0.717, 1.165) is 5.56 Å². The lowest BCUT2D eigenvalue weighted by Crippen LogP contribution is -1.75. The Morgan fingerprint density at radius 2 is 1.64 bits per heavy atom. The van der Waals surface area contributed by atoms with Crippen LogP contribution in [0.25, 0.3) is 0 Å². The Bertz CT molecular complexity index is 169. The standard InChI is InChI=1S/C7H7F.BH3O2/c8-6-7-4-2-1-3-5-7;2-1-3/h1-5H,6H2;1-3H. The van der Waals surface area contributed by atoms with Crippen LogP contribution in [0.15, 0.2) is 30.3 Å². The summed E-state index contributed by atoms with van der Waals surface area (Å²) in [5.74, 6) is 0. The molecule has 1 aromatic rings. The minimum Gasteiger partial charge on any atom is -0.430 e. The molecular formula is C7H10BFO2. The van der Waals surface area contributed by atoms with E-state index in [9.17, 15) is 4.39 Å². The molecule has 0 amide bonds. The largest absolute Gasteiger partial charge is 0.432 e. The maximum Gasteiger partial charge on any atom is 0.432 e. The fourth-order valence-corrected chi connectivity index (χ4v) is 0.567. The normalized spacial score (nSPS) is 7.91. The molecule has 2 N–H and O–H groups in total. The van der Waals surface area contributed by atoms with Crippen LogP contribution in [-0.4, -0.2) is 17.7 Å². The number of hydrogen-bond donors (Lipinski definition) is 2. The molecule has 0 fully saturated rings.